The van der Waals surface area contributed by atoms with E-state index in [-0.39, 0.29) is 10.7 Å². The van der Waals surface area contributed by atoms with E-state index in [2.05, 4.69) is 15.5 Å². The van der Waals surface area contributed by atoms with E-state index in [1.54, 1.807) is 0 Å². The van der Waals surface area contributed by atoms with Crippen molar-refractivity contribution in [3.63, 3.8) is 0 Å². The van der Waals surface area contributed by atoms with E-state index in [9.17, 15) is 14.9 Å². The maximum atomic E-state index is 11.8. The van der Waals surface area contributed by atoms with Crippen LogP contribution in [0.4, 0.5) is 16.2 Å². The van der Waals surface area contributed by atoms with Crippen LogP contribution in [0.2, 0.25) is 5.02 Å². The molecule has 1 aromatic carbocycles. The summed E-state index contributed by atoms with van der Waals surface area (Å²) >= 11 is 5.71. The van der Waals surface area contributed by atoms with Gasteiger partial charge >= 0.3 is 6.03 Å². The molecule has 2 amide bonds. The molecule has 0 spiro atoms. The number of morpholine rings is 1. The Morgan fingerprint density at radius 3 is 2.82 bits per heavy atom. The Kier molecular flexibility index (Phi) is 5.93. The fourth-order valence-electron chi connectivity index (χ4n) is 2.06. The molecule has 0 aliphatic carbocycles. The maximum absolute atomic E-state index is 11.8. The fraction of sp³-hybridized carbons (Fsp3) is 0.462. The number of hydrogen-bond donors (Lipinski definition) is 2. The van der Waals surface area contributed by atoms with Crippen LogP contribution in [0.5, 0.6) is 0 Å². The number of hydrogen-bond acceptors (Lipinski definition) is 5. The third-order valence-corrected chi connectivity index (χ3v) is 3.54. The quantitative estimate of drug-likeness (QED) is 0.633. The summed E-state index contributed by atoms with van der Waals surface area (Å²) in [5.74, 6) is 0. The first kappa shape index (κ1) is 16.5. The number of nitrogens with one attached hydrogen (secondary N) is 2. The van der Waals surface area contributed by atoms with Gasteiger partial charge in [0.05, 0.1) is 18.1 Å². The Bertz CT molecular complexity index is 549. The fourth-order valence-corrected chi connectivity index (χ4v) is 2.24. The second-order valence-electron chi connectivity index (χ2n) is 4.76. The summed E-state index contributed by atoms with van der Waals surface area (Å²) in [6.07, 6.45) is 0. The molecule has 2 N–H and O–H groups in total. The lowest BCUT2D eigenvalue weighted by Crippen LogP contribution is -2.42. The molecule has 2 rings (SSSR count). The van der Waals surface area contributed by atoms with Gasteiger partial charge in [0, 0.05) is 37.9 Å². The first-order chi connectivity index (χ1) is 10.6. The van der Waals surface area contributed by atoms with Gasteiger partial charge in [-0.3, -0.25) is 15.0 Å². The van der Waals surface area contributed by atoms with Crippen molar-refractivity contribution in [2.75, 3.05) is 44.7 Å². The molecule has 0 atom stereocenters. The molecule has 0 bridgehead atoms. The molecular formula is C13H17ClN4O4. The lowest BCUT2D eigenvalue weighted by Gasteiger charge is -2.26. The molecule has 0 saturated carbocycles. The van der Waals surface area contributed by atoms with Crippen LogP contribution in [0.1, 0.15) is 0 Å². The van der Waals surface area contributed by atoms with Gasteiger partial charge in [-0.2, -0.15) is 0 Å². The number of nitro groups is 1. The summed E-state index contributed by atoms with van der Waals surface area (Å²) in [6.45, 7) is 4.35. The molecule has 1 aliphatic heterocycles. The van der Waals surface area contributed by atoms with Crippen LogP contribution in [0.25, 0.3) is 0 Å². The van der Waals surface area contributed by atoms with Gasteiger partial charge in [0.25, 0.3) is 5.69 Å². The molecule has 120 valence electrons. The summed E-state index contributed by atoms with van der Waals surface area (Å²) in [5, 5.41) is 16.1. The van der Waals surface area contributed by atoms with Gasteiger partial charge in [-0.15, -0.1) is 0 Å². The smallest absolute Gasteiger partial charge is 0.319 e. The zero-order valence-corrected chi connectivity index (χ0v) is 12.6. The monoisotopic (exact) mass is 328 g/mol. The van der Waals surface area contributed by atoms with Crippen LogP contribution >= 0.6 is 11.6 Å². The van der Waals surface area contributed by atoms with Crippen molar-refractivity contribution in [3.8, 4) is 0 Å². The minimum atomic E-state index is -0.593. The zero-order valence-electron chi connectivity index (χ0n) is 11.9. The van der Waals surface area contributed by atoms with E-state index >= 15 is 0 Å². The maximum Gasteiger partial charge on any atom is 0.319 e. The summed E-state index contributed by atoms with van der Waals surface area (Å²) in [4.78, 5) is 24.1. The molecule has 0 radical (unpaired) electrons. The van der Waals surface area contributed by atoms with E-state index in [0.717, 1.165) is 19.6 Å². The van der Waals surface area contributed by atoms with E-state index in [1.807, 2.05) is 0 Å². The van der Waals surface area contributed by atoms with Crippen molar-refractivity contribution in [2.24, 2.45) is 0 Å². The van der Waals surface area contributed by atoms with Crippen LogP contribution in [0.3, 0.4) is 0 Å². The second kappa shape index (κ2) is 7.92. The van der Waals surface area contributed by atoms with Gasteiger partial charge in [-0.05, 0) is 12.1 Å². The lowest BCUT2D eigenvalue weighted by molar-refractivity contribution is -0.384. The second-order valence-corrected chi connectivity index (χ2v) is 5.17. The van der Waals surface area contributed by atoms with E-state index < -0.39 is 11.0 Å². The molecule has 1 aromatic rings. The third kappa shape index (κ3) is 4.83. The van der Waals surface area contributed by atoms with Crippen LogP contribution in [-0.2, 0) is 4.74 Å². The average Bonchev–Trinajstić information content (AvgIpc) is 2.50. The molecule has 22 heavy (non-hydrogen) atoms. The molecular weight excluding hydrogens is 312 g/mol. The SMILES string of the molecule is O=C(NCCN1CCOCC1)Nc1ccc(Cl)c([N+](=O)[O-])c1. The Balaban J connectivity index is 1.79. The number of benzene rings is 1. The van der Waals surface area contributed by atoms with Crippen molar-refractivity contribution in [1.29, 1.82) is 0 Å². The van der Waals surface area contributed by atoms with Crippen molar-refractivity contribution >= 4 is 29.0 Å². The van der Waals surface area contributed by atoms with Crippen LogP contribution in [-0.4, -0.2) is 55.2 Å². The van der Waals surface area contributed by atoms with Gasteiger partial charge in [-0.25, -0.2) is 4.79 Å². The normalized spacial score (nSPS) is 15.3. The van der Waals surface area contributed by atoms with Crippen LogP contribution in [0.15, 0.2) is 18.2 Å². The number of anilines is 1. The standard InChI is InChI=1S/C13H17ClN4O4/c14-11-2-1-10(9-12(11)18(20)21)16-13(19)15-3-4-17-5-7-22-8-6-17/h1-2,9H,3-8H2,(H2,15,16,19). The highest BCUT2D eigenvalue weighted by Gasteiger charge is 2.14. The highest BCUT2D eigenvalue weighted by atomic mass is 35.5. The summed E-state index contributed by atoms with van der Waals surface area (Å²) in [5.41, 5.74) is 0.0766. The summed E-state index contributed by atoms with van der Waals surface area (Å²) < 4.78 is 5.24. The van der Waals surface area contributed by atoms with Gasteiger partial charge in [0.1, 0.15) is 5.02 Å². The topological polar surface area (TPSA) is 96.7 Å². The zero-order chi connectivity index (χ0) is 15.9. The Morgan fingerprint density at radius 2 is 2.14 bits per heavy atom. The molecule has 9 heteroatoms. The van der Waals surface area contributed by atoms with E-state index in [1.165, 1.54) is 18.2 Å². The van der Waals surface area contributed by atoms with Gasteiger partial charge in [-0.1, -0.05) is 11.6 Å². The highest BCUT2D eigenvalue weighted by molar-refractivity contribution is 6.32. The molecule has 0 aromatic heterocycles. The molecule has 8 nitrogen and oxygen atoms in total. The molecule has 1 aliphatic rings. The number of urea groups is 1. The average molecular weight is 329 g/mol. The van der Waals surface area contributed by atoms with E-state index in [4.69, 9.17) is 16.3 Å². The number of rotatable bonds is 5. The van der Waals surface area contributed by atoms with Crippen molar-refractivity contribution < 1.29 is 14.5 Å². The van der Waals surface area contributed by atoms with Gasteiger partial charge in [0.2, 0.25) is 0 Å². The Hall–Kier alpha value is -1.90. The van der Waals surface area contributed by atoms with Crippen LogP contribution in [0, 0.1) is 10.1 Å². The van der Waals surface area contributed by atoms with E-state index in [0.29, 0.717) is 25.4 Å². The van der Waals surface area contributed by atoms with Gasteiger partial charge < -0.3 is 15.4 Å². The predicted octanol–water partition coefficient (Wildman–Crippen LogP) is 1.70. The number of amides is 2. The lowest BCUT2D eigenvalue weighted by atomic mass is 10.3. The molecule has 1 fully saturated rings. The van der Waals surface area contributed by atoms with Gasteiger partial charge in [0.15, 0.2) is 0 Å². The molecule has 1 saturated heterocycles. The number of carbonyl (C=O) groups is 1. The predicted molar refractivity (Wildman–Crippen MR) is 82.4 cm³/mol. The first-order valence-corrected chi connectivity index (χ1v) is 7.23. The first-order valence-electron chi connectivity index (χ1n) is 6.85. The Labute approximate surface area is 132 Å². The number of carbonyl (C=O) groups excluding carboxylic acids is 1. The number of nitro benzene ring substituents is 1. The number of halogens is 1. The van der Waals surface area contributed by atoms with Crippen molar-refractivity contribution in [3.05, 3.63) is 33.3 Å². The van der Waals surface area contributed by atoms with Crippen molar-refractivity contribution in [2.45, 2.75) is 0 Å². The third-order valence-electron chi connectivity index (χ3n) is 3.22. The Morgan fingerprint density at radius 1 is 1.41 bits per heavy atom. The summed E-state index contributed by atoms with van der Waals surface area (Å²) in [7, 11) is 0. The largest absolute Gasteiger partial charge is 0.379 e. The number of nitrogens with zero attached hydrogens (tertiary/aromatic N) is 2. The summed E-state index contributed by atoms with van der Waals surface area (Å²) in [6, 6.07) is 3.70. The van der Waals surface area contributed by atoms with Crippen molar-refractivity contribution in [1.82, 2.24) is 10.2 Å². The molecule has 1 heterocycles. The minimum absolute atomic E-state index is 0.0308. The molecule has 0 unspecified atom stereocenters. The minimum Gasteiger partial charge on any atom is -0.379 e. The van der Waals surface area contributed by atoms with Crippen LogP contribution < -0.4 is 10.6 Å². The highest BCUT2D eigenvalue weighted by Crippen LogP contribution is 2.27. The number of ether oxygens (including phenoxy) is 1.